The molecule has 0 saturated heterocycles. The number of hydrogen-bond donors (Lipinski definition) is 1. The predicted octanol–water partition coefficient (Wildman–Crippen LogP) is 4.82. The fourth-order valence-corrected chi connectivity index (χ4v) is 2.53. The number of halogens is 1. The highest BCUT2D eigenvalue weighted by Gasteiger charge is 2.05. The van der Waals surface area contributed by atoms with E-state index in [-0.39, 0.29) is 5.91 Å². The van der Waals surface area contributed by atoms with Crippen LogP contribution in [0.4, 0.5) is 5.69 Å². The molecule has 0 fully saturated rings. The van der Waals surface area contributed by atoms with E-state index in [0.717, 1.165) is 10.0 Å². The largest absolute Gasteiger partial charge is 0.439 e. The molecule has 1 heterocycles. The highest BCUT2D eigenvalue weighted by Crippen LogP contribution is 2.23. The Morgan fingerprint density at radius 1 is 1.04 bits per heavy atom. The van der Waals surface area contributed by atoms with E-state index < -0.39 is 0 Å². The Morgan fingerprint density at radius 2 is 1.88 bits per heavy atom. The van der Waals surface area contributed by atoms with Crippen LogP contribution in [-0.4, -0.2) is 10.9 Å². The first kappa shape index (κ1) is 16.2. The van der Waals surface area contributed by atoms with Gasteiger partial charge in [-0.05, 0) is 29.8 Å². The van der Waals surface area contributed by atoms with Gasteiger partial charge in [0, 0.05) is 10.5 Å². The topological polar surface area (TPSA) is 51.2 Å². The lowest BCUT2D eigenvalue weighted by molar-refractivity contribution is -0.115. The Bertz CT molecular complexity index is 820. The fourth-order valence-electron chi connectivity index (χ4n) is 2.15. The molecule has 1 aromatic heterocycles. The van der Waals surface area contributed by atoms with Gasteiger partial charge in [0.15, 0.2) is 0 Å². The van der Waals surface area contributed by atoms with Crippen molar-refractivity contribution in [2.45, 2.75) is 6.42 Å². The zero-order valence-electron chi connectivity index (χ0n) is 12.8. The van der Waals surface area contributed by atoms with Crippen LogP contribution < -0.4 is 10.1 Å². The van der Waals surface area contributed by atoms with Crippen molar-refractivity contribution in [3.63, 3.8) is 0 Å². The average molecular weight is 383 g/mol. The van der Waals surface area contributed by atoms with Gasteiger partial charge < -0.3 is 10.1 Å². The summed E-state index contributed by atoms with van der Waals surface area (Å²) in [5, 5.41) is 2.83. The average Bonchev–Trinajstić information content (AvgIpc) is 2.57. The van der Waals surface area contributed by atoms with Crippen LogP contribution in [0, 0.1) is 0 Å². The molecule has 0 aliphatic heterocycles. The van der Waals surface area contributed by atoms with E-state index in [4.69, 9.17) is 4.74 Å². The molecule has 120 valence electrons. The van der Waals surface area contributed by atoms with E-state index in [0.29, 0.717) is 23.7 Å². The standard InChI is InChI=1S/C19H15BrN2O2/c20-15-7-4-8-17(12-15)24-19-10-9-16(13-21-19)22-18(23)11-14-5-2-1-3-6-14/h1-10,12-13H,11H2,(H,22,23). The molecule has 1 amide bonds. The number of hydrogen-bond acceptors (Lipinski definition) is 3. The Kier molecular flexibility index (Phi) is 5.23. The monoisotopic (exact) mass is 382 g/mol. The first-order valence-corrected chi connectivity index (χ1v) is 8.21. The quantitative estimate of drug-likeness (QED) is 0.688. The van der Waals surface area contributed by atoms with Gasteiger partial charge in [-0.15, -0.1) is 0 Å². The summed E-state index contributed by atoms with van der Waals surface area (Å²) < 4.78 is 6.60. The number of amides is 1. The summed E-state index contributed by atoms with van der Waals surface area (Å²) in [7, 11) is 0. The van der Waals surface area contributed by atoms with Crippen molar-refractivity contribution in [2.75, 3.05) is 5.32 Å². The van der Waals surface area contributed by atoms with Crippen molar-refractivity contribution < 1.29 is 9.53 Å². The van der Waals surface area contributed by atoms with Crippen molar-refractivity contribution in [3.8, 4) is 11.6 Å². The third-order valence-electron chi connectivity index (χ3n) is 3.25. The number of benzene rings is 2. The number of carbonyl (C=O) groups is 1. The Hall–Kier alpha value is -2.66. The first-order chi connectivity index (χ1) is 11.7. The second-order valence-corrected chi connectivity index (χ2v) is 6.07. The van der Waals surface area contributed by atoms with Crippen LogP contribution in [0.3, 0.4) is 0 Å². The summed E-state index contributed by atoms with van der Waals surface area (Å²) in [6.45, 7) is 0. The molecule has 0 unspecified atom stereocenters. The smallest absolute Gasteiger partial charge is 0.228 e. The summed E-state index contributed by atoms with van der Waals surface area (Å²) in [6.07, 6.45) is 1.91. The number of ether oxygens (including phenoxy) is 1. The van der Waals surface area contributed by atoms with Crippen molar-refractivity contribution in [1.82, 2.24) is 4.98 Å². The van der Waals surface area contributed by atoms with E-state index in [2.05, 4.69) is 26.2 Å². The summed E-state index contributed by atoms with van der Waals surface area (Å²) >= 11 is 3.39. The van der Waals surface area contributed by atoms with Crippen molar-refractivity contribution in [1.29, 1.82) is 0 Å². The SMILES string of the molecule is O=C(Cc1ccccc1)Nc1ccc(Oc2cccc(Br)c2)nc1. The third kappa shape index (κ3) is 4.67. The summed E-state index contributed by atoms with van der Waals surface area (Å²) in [6, 6.07) is 20.6. The van der Waals surface area contributed by atoms with Gasteiger partial charge in [-0.1, -0.05) is 52.3 Å². The molecule has 0 aliphatic carbocycles. The number of aromatic nitrogens is 1. The lowest BCUT2D eigenvalue weighted by atomic mass is 10.1. The number of pyridine rings is 1. The Morgan fingerprint density at radius 3 is 2.58 bits per heavy atom. The molecule has 2 aromatic carbocycles. The van der Waals surface area contributed by atoms with Gasteiger partial charge in [-0.25, -0.2) is 4.98 Å². The van der Waals surface area contributed by atoms with Crippen LogP contribution >= 0.6 is 15.9 Å². The van der Waals surface area contributed by atoms with E-state index in [1.807, 2.05) is 54.6 Å². The molecule has 3 rings (SSSR count). The molecule has 0 saturated carbocycles. The second-order valence-electron chi connectivity index (χ2n) is 5.16. The van der Waals surface area contributed by atoms with Crippen LogP contribution in [0.25, 0.3) is 0 Å². The molecule has 0 radical (unpaired) electrons. The molecule has 0 bridgehead atoms. The molecule has 1 N–H and O–H groups in total. The van der Waals surface area contributed by atoms with E-state index in [9.17, 15) is 4.79 Å². The second kappa shape index (κ2) is 7.75. The molecule has 0 aliphatic rings. The number of rotatable bonds is 5. The maximum atomic E-state index is 12.0. The summed E-state index contributed by atoms with van der Waals surface area (Å²) in [5.74, 6) is 1.08. The third-order valence-corrected chi connectivity index (χ3v) is 3.74. The summed E-state index contributed by atoms with van der Waals surface area (Å²) in [4.78, 5) is 16.2. The van der Waals surface area contributed by atoms with Crippen LogP contribution in [0.15, 0.2) is 77.4 Å². The zero-order chi connectivity index (χ0) is 16.8. The number of carbonyl (C=O) groups excluding carboxylic acids is 1. The van der Waals surface area contributed by atoms with Crippen LogP contribution in [-0.2, 0) is 11.2 Å². The van der Waals surface area contributed by atoms with Crippen molar-refractivity contribution in [3.05, 3.63) is 83.0 Å². The molecule has 0 atom stereocenters. The molecule has 0 spiro atoms. The van der Waals surface area contributed by atoms with Gasteiger partial charge in [0.1, 0.15) is 5.75 Å². The number of nitrogens with one attached hydrogen (secondary N) is 1. The fraction of sp³-hybridized carbons (Fsp3) is 0.0526. The molecular formula is C19H15BrN2O2. The minimum Gasteiger partial charge on any atom is -0.439 e. The lowest BCUT2D eigenvalue weighted by Crippen LogP contribution is -2.14. The minimum atomic E-state index is -0.0799. The van der Waals surface area contributed by atoms with Crippen molar-refractivity contribution >= 4 is 27.5 Å². The highest BCUT2D eigenvalue weighted by molar-refractivity contribution is 9.10. The van der Waals surface area contributed by atoms with Gasteiger partial charge in [-0.2, -0.15) is 0 Å². The van der Waals surface area contributed by atoms with Crippen LogP contribution in [0.5, 0.6) is 11.6 Å². The van der Waals surface area contributed by atoms with E-state index in [1.165, 1.54) is 0 Å². The van der Waals surface area contributed by atoms with Gasteiger partial charge in [0.05, 0.1) is 18.3 Å². The molecule has 3 aromatic rings. The first-order valence-electron chi connectivity index (χ1n) is 7.42. The maximum Gasteiger partial charge on any atom is 0.228 e. The van der Waals surface area contributed by atoms with Gasteiger partial charge in [0.2, 0.25) is 11.8 Å². The maximum absolute atomic E-state index is 12.0. The molecule has 24 heavy (non-hydrogen) atoms. The Labute approximate surface area is 148 Å². The Balaban J connectivity index is 1.59. The van der Waals surface area contributed by atoms with Crippen LogP contribution in [0.2, 0.25) is 0 Å². The van der Waals surface area contributed by atoms with Crippen LogP contribution in [0.1, 0.15) is 5.56 Å². The van der Waals surface area contributed by atoms with Gasteiger partial charge in [0.25, 0.3) is 0 Å². The molecular weight excluding hydrogens is 368 g/mol. The van der Waals surface area contributed by atoms with Gasteiger partial charge in [-0.3, -0.25) is 4.79 Å². The molecule has 4 nitrogen and oxygen atoms in total. The molecule has 5 heteroatoms. The number of nitrogens with zero attached hydrogens (tertiary/aromatic N) is 1. The highest BCUT2D eigenvalue weighted by atomic mass is 79.9. The zero-order valence-corrected chi connectivity index (χ0v) is 14.4. The minimum absolute atomic E-state index is 0.0799. The normalized spacial score (nSPS) is 10.2. The summed E-state index contributed by atoms with van der Waals surface area (Å²) in [5.41, 5.74) is 1.61. The lowest BCUT2D eigenvalue weighted by Gasteiger charge is -2.07. The van der Waals surface area contributed by atoms with E-state index >= 15 is 0 Å². The predicted molar refractivity (Wildman–Crippen MR) is 97.2 cm³/mol. The van der Waals surface area contributed by atoms with Crippen molar-refractivity contribution in [2.24, 2.45) is 0 Å². The van der Waals surface area contributed by atoms with Gasteiger partial charge >= 0.3 is 0 Å². The number of anilines is 1. The van der Waals surface area contributed by atoms with E-state index in [1.54, 1.807) is 18.3 Å².